The Bertz CT molecular complexity index is 742. The Kier molecular flexibility index (Phi) is 7.70. The van der Waals surface area contributed by atoms with Gasteiger partial charge in [0.1, 0.15) is 5.03 Å². The molecule has 3 rings (SSSR count). The number of hydrogen-bond donors (Lipinski definition) is 1. The average molecular weight is 413 g/mol. The number of piperidine rings is 1. The van der Waals surface area contributed by atoms with Crippen LogP contribution in [0.2, 0.25) is 5.02 Å². The van der Waals surface area contributed by atoms with E-state index < -0.39 is 0 Å². The van der Waals surface area contributed by atoms with E-state index in [-0.39, 0.29) is 24.4 Å². The molecule has 8 heteroatoms. The number of benzene rings is 1. The minimum Gasteiger partial charge on any atom is -0.337 e. The summed E-state index contributed by atoms with van der Waals surface area (Å²) in [6.07, 6.45) is 2.05. The summed E-state index contributed by atoms with van der Waals surface area (Å²) in [6.45, 7) is 3.44. The number of hydrogen-bond acceptors (Lipinski definition) is 5. The number of likely N-dealkylation sites (tertiary alicyclic amines) is 1. The van der Waals surface area contributed by atoms with Crippen molar-refractivity contribution in [2.24, 2.45) is 11.7 Å². The molecule has 2 unspecified atom stereocenters. The van der Waals surface area contributed by atoms with Gasteiger partial charge in [0.15, 0.2) is 5.69 Å². The Morgan fingerprint density at radius 3 is 2.73 bits per heavy atom. The third-order valence-electron chi connectivity index (χ3n) is 4.40. The summed E-state index contributed by atoms with van der Waals surface area (Å²) in [5.41, 5.74) is 6.36. The summed E-state index contributed by atoms with van der Waals surface area (Å²) in [4.78, 5) is 15.4. The van der Waals surface area contributed by atoms with Crippen LogP contribution < -0.4 is 5.73 Å². The maximum Gasteiger partial charge on any atom is 0.274 e. The molecule has 2 aromatic rings. The predicted molar refractivity (Wildman–Crippen MR) is 107 cm³/mol. The number of halogens is 2. The zero-order valence-corrected chi connectivity index (χ0v) is 16.9. The first kappa shape index (κ1) is 21.0. The number of aromatic nitrogens is 2. The third kappa shape index (κ3) is 5.10. The molecule has 2 heterocycles. The van der Waals surface area contributed by atoms with Crippen LogP contribution in [0.25, 0.3) is 0 Å². The van der Waals surface area contributed by atoms with Crippen LogP contribution >= 0.6 is 35.8 Å². The summed E-state index contributed by atoms with van der Waals surface area (Å²) in [5, 5.41) is 9.66. The molecule has 0 bridgehead atoms. The van der Waals surface area contributed by atoms with Crippen molar-refractivity contribution < 1.29 is 4.79 Å². The topological polar surface area (TPSA) is 72.1 Å². The van der Waals surface area contributed by atoms with Gasteiger partial charge in [0.25, 0.3) is 5.91 Å². The maximum absolute atomic E-state index is 12.6. The van der Waals surface area contributed by atoms with Crippen molar-refractivity contribution in [3.63, 3.8) is 0 Å². The van der Waals surface area contributed by atoms with E-state index in [0.717, 1.165) is 24.3 Å². The Morgan fingerprint density at radius 1 is 1.31 bits per heavy atom. The third-order valence-corrected chi connectivity index (χ3v) is 5.84. The van der Waals surface area contributed by atoms with Crippen molar-refractivity contribution in [1.82, 2.24) is 15.1 Å². The molecule has 5 nitrogen and oxygen atoms in total. The van der Waals surface area contributed by atoms with Crippen molar-refractivity contribution in [1.29, 1.82) is 0 Å². The molecule has 1 aliphatic heterocycles. The van der Waals surface area contributed by atoms with Crippen molar-refractivity contribution in [2.75, 3.05) is 13.1 Å². The predicted octanol–water partition coefficient (Wildman–Crippen LogP) is 3.90. The molecule has 0 aliphatic carbocycles. The van der Waals surface area contributed by atoms with Crippen molar-refractivity contribution >= 4 is 41.7 Å². The lowest BCUT2D eigenvalue weighted by Crippen LogP contribution is -2.45. The molecule has 1 aromatic carbocycles. The van der Waals surface area contributed by atoms with E-state index in [0.29, 0.717) is 28.2 Å². The van der Waals surface area contributed by atoms with Crippen LogP contribution in [0, 0.1) is 5.92 Å². The number of nitrogens with two attached hydrogens (primary N) is 1. The highest BCUT2D eigenvalue weighted by Gasteiger charge is 2.27. The van der Waals surface area contributed by atoms with Gasteiger partial charge in [0.2, 0.25) is 0 Å². The molecule has 140 valence electrons. The quantitative estimate of drug-likeness (QED) is 0.823. The molecule has 2 atom stereocenters. The molecule has 1 amide bonds. The van der Waals surface area contributed by atoms with E-state index >= 15 is 0 Å². The first-order valence-electron chi connectivity index (χ1n) is 8.35. The largest absolute Gasteiger partial charge is 0.337 e. The van der Waals surface area contributed by atoms with Crippen molar-refractivity contribution in [3.8, 4) is 0 Å². The lowest BCUT2D eigenvalue weighted by atomic mass is 9.92. The molecule has 0 saturated carbocycles. The van der Waals surface area contributed by atoms with Crippen LogP contribution in [0.4, 0.5) is 0 Å². The van der Waals surface area contributed by atoms with Crippen LogP contribution in [-0.4, -0.2) is 40.1 Å². The zero-order chi connectivity index (χ0) is 17.8. The second-order valence-corrected chi connectivity index (χ2v) is 7.77. The molecule has 1 aromatic heterocycles. The van der Waals surface area contributed by atoms with Gasteiger partial charge < -0.3 is 10.6 Å². The van der Waals surface area contributed by atoms with Crippen LogP contribution in [0.3, 0.4) is 0 Å². The number of carbonyl (C=O) groups excluding carboxylic acids is 1. The minimum absolute atomic E-state index is 0. The Labute approximate surface area is 169 Å². The maximum atomic E-state index is 12.6. The van der Waals surface area contributed by atoms with Gasteiger partial charge in [-0.05, 0) is 49.9 Å². The average Bonchev–Trinajstić information content (AvgIpc) is 2.64. The summed E-state index contributed by atoms with van der Waals surface area (Å²) < 4.78 is 0. The molecule has 1 fully saturated rings. The lowest BCUT2D eigenvalue weighted by molar-refractivity contribution is 0.0653. The fourth-order valence-corrected chi connectivity index (χ4v) is 3.92. The fraction of sp³-hybridized carbons (Fsp3) is 0.389. The molecule has 1 saturated heterocycles. The highest BCUT2D eigenvalue weighted by Crippen LogP contribution is 2.31. The van der Waals surface area contributed by atoms with Crippen LogP contribution in [-0.2, 0) is 0 Å². The highest BCUT2D eigenvalue weighted by molar-refractivity contribution is 7.99. The van der Waals surface area contributed by atoms with Gasteiger partial charge in [-0.3, -0.25) is 4.79 Å². The number of carbonyl (C=O) groups is 1. The number of rotatable bonds is 4. The second kappa shape index (κ2) is 9.55. The Balaban J connectivity index is 0.00000243. The van der Waals surface area contributed by atoms with Gasteiger partial charge in [-0.25, -0.2) is 0 Å². The number of nitrogens with zero attached hydrogens (tertiary/aromatic N) is 3. The zero-order valence-electron chi connectivity index (χ0n) is 14.5. The second-order valence-electron chi connectivity index (χ2n) is 6.30. The van der Waals surface area contributed by atoms with Gasteiger partial charge in [0.05, 0.1) is 5.02 Å². The first-order chi connectivity index (χ1) is 12.0. The fourth-order valence-electron chi connectivity index (χ4n) is 2.91. The van der Waals surface area contributed by atoms with Crippen LogP contribution in [0.1, 0.15) is 30.3 Å². The summed E-state index contributed by atoms with van der Waals surface area (Å²) in [5.74, 6) is 0.271. The van der Waals surface area contributed by atoms with E-state index in [1.54, 1.807) is 12.1 Å². The normalized spacial score (nSPS) is 18.1. The summed E-state index contributed by atoms with van der Waals surface area (Å²) in [6, 6.07) is 11.2. The van der Waals surface area contributed by atoms with Gasteiger partial charge in [-0.2, -0.15) is 0 Å². The van der Waals surface area contributed by atoms with Gasteiger partial charge >= 0.3 is 0 Å². The van der Waals surface area contributed by atoms with E-state index in [2.05, 4.69) is 10.2 Å². The molecule has 26 heavy (non-hydrogen) atoms. The summed E-state index contributed by atoms with van der Waals surface area (Å²) >= 11 is 7.58. The van der Waals surface area contributed by atoms with Gasteiger partial charge in [-0.1, -0.05) is 35.5 Å². The molecular formula is C18H22Cl2N4OS. The molecule has 0 spiro atoms. The molecule has 0 radical (unpaired) electrons. The lowest BCUT2D eigenvalue weighted by Gasteiger charge is -2.34. The van der Waals surface area contributed by atoms with E-state index in [4.69, 9.17) is 17.3 Å². The van der Waals surface area contributed by atoms with Crippen molar-refractivity contribution in [3.05, 3.63) is 47.1 Å². The SMILES string of the molecule is CC(N)C1CCCN(C(=O)c2ccc(Sc3ccccc3Cl)nn2)C1.Cl. The smallest absolute Gasteiger partial charge is 0.274 e. The van der Waals surface area contributed by atoms with E-state index in [9.17, 15) is 4.79 Å². The summed E-state index contributed by atoms with van der Waals surface area (Å²) in [7, 11) is 0. The number of amides is 1. The molecular weight excluding hydrogens is 391 g/mol. The van der Waals surface area contributed by atoms with Crippen molar-refractivity contribution in [2.45, 2.75) is 35.7 Å². The monoisotopic (exact) mass is 412 g/mol. The standard InChI is InChI=1S/C18H21ClN4OS.ClH/c1-12(20)13-5-4-10-23(11-13)18(24)15-8-9-17(22-21-15)25-16-7-3-2-6-14(16)19;/h2-3,6-9,12-13H,4-5,10-11,20H2,1H3;1H. The van der Waals surface area contributed by atoms with E-state index in [1.165, 1.54) is 11.8 Å². The van der Waals surface area contributed by atoms with Crippen LogP contribution in [0.15, 0.2) is 46.3 Å². The highest BCUT2D eigenvalue weighted by atomic mass is 35.5. The Hall–Kier alpha value is -1.34. The molecule has 2 N–H and O–H groups in total. The molecule has 1 aliphatic rings. The Morgan fingerprint density at radius 2 is 2.08 bits per heavy atom. The van der Waals surface area contributed by atoms with Gasteiger partial charge in [-0.15, -0.1) is 22.6 Å². The first-order valence-corrected chi connectivity index (χ1v) is 9.55. The minimum atomic E-state index is -0.0767. The van der Waals surface area contributed by atoms with Gasteiger partial charge in [0, 0.05) is 24.0 Å². The van der Waals surface area contributed by atoms with Crippen LogP contribution in [0.5, 0.6) is 0 Å². The van der Waals surface area contributed by atoms with E-state index in [1.807, 2.05) is 36.1 Å².